The molecule has 3 aliphatic carbocycles. The topological polar surface area (TPSA) is 177 Å². The molecule has 1 aromatic heterocycles. The number of aliphatic hydroxyl groups is 3. The van der Waals surface area contributed by atoms with Crippen LogP contribution in [0.4, 0.5) is 0 Å². The number of Topliss-reactive ketones (excluding diaryl/α,β-unsaturated/α-hetero) is 1. The van der Waals surface area contributed by atoms with Crippen molar-refractivity contribution in [1.29, 1.82) is 0 Å². The van der Waals surface area contributed by atoms with Gasteiger partial charge in [-0.2, -0.15) is 0 Å². The highest BCUT2D eigenvalue weighted by Gasteiger charge is 2.54. The summed E-state index contributed by atoms with van der Waals surface area (Å²) in [5, 5.41) is 36.0. The average Bonchev–Trinajstić information content (AvgIpc) is 3.97. The molecule has 3 aromatic rings. The molecule has 6 atom stereocenters. The Morgan fingerprint density at radius 1 is 1.08 bits per heavy atom. The number of methoxy groups -OCH3 is 1. The Morgan fingerprint density at radius 3 is 2.68 bits per heavy atom. The van der Waals surface area contributed by atoms with Crippen LogP contribution in [-0.4, -0.2) is 108 Å². The molecule has 1 saturated heterocycles. The number of aromatic amines is 1. The first-order valence-corrected chi connectivity index (χ1v) is 23.0. The second kappa shape index (κ2) is 18.4. The monoisotopic (exact) mass is 864 g/mol. The number of esters is 1. The van der Waals surface area contributed by atoms with Crippen LogP contribution in [0, 0.1) is 17.8 Å². The first-order valence-electron chi connectivity index (χ1n) is 23.0. The van der Waals surface area contributed by atoms with E-state index >= 15 is 0 Å². The van der Waals surface area contributed by atoms with E-state index in [-0.39, 0.29) is 72.2 Å². The molecule has 0 spiro atoms. The van der Waals surface area contributed by atoms with E-state index in [1.807, 2.05) is 30.5 Å². The number of aliphatic hydroxyl groups excluding tert-OH is 2. The number of allylic oxidation sites excluding steroid dienone is 3. The van der Waals surface area contributed by atoms with Gasteiger partial charge in [0, 0.05) is 73.8 Å². The molecule has 9 rings (SSSR count). The molecular weight excluding hydrogens is 805 g/mol. The number of rotatable bonds is 13. The lowest BCUT2D eigenvalue weighted by Gasteiger charge is -2.49. The molecule has 6 aliphatic rings. The zero-order valence-electron chi connectivity index (χ0n) is 36.4. The van der Waals surface area contributed by atoms with E-state index in [4.69, 9.17) is 23.7 Å². The minimum absolute atomic E-state index is 0.0133. The second-order valence-corrected chi connectivity index (χ2v) is 18.2. The average molecular weight is 865 g/mol. The number of carbonyl (C=O) groups excluding carboxylic acids is 3. The lowest BCUT2D eigenvalue weighted by molar-refractivity contribution is -0.141. The van der Waals surface area contributed by atoms with Gasteiger partial charge in [0.1, 0.15) is 34.7 Å². The summed E-state index contributed by atoms with van der Waals surface area (Å²) < 4.78 is 31.4. The van der Waals surface area contributed by atoms with Crippen LogP contribution in [0.5, 0.6) is 17.2 Å². The highest BCUT2D eigenvalue weighted by Crippen LogP contribution is 2.58. The quantitative estimate of drug-likeness (QED) is 0.0658. The van der Waals surface area contributed by atoms with E-state index in [2.05, 4.69) is 22.0 Å². The molecule has 0 unspecified atom stereocenters. The van der Waals surface area contributed by atoms with E-state index in [0.717, 1.165) is 81.0 Å². The van der Waals surface area contributed by atoms with E-state index in [1.165, 1.54) is 0 Å². The van der Waals surface area contributed by atoms with Crippen molar-refractivity contribution in [2.75, 3.05) is 46.6 Å². The van der Waals surface area contributed by atoms with Gasteiger partial charge in [-0.25, -0.2) is 4.79 Å². The number of fused-ring (bicyclic) bond motifs is 4. The molecule has 2 saturated carbocycles. The molecule has 3 aliphatic heterocycles. The molecule has 0 amide bonds. The largest absolute Gasteiger partial charge is 0.489 e. The number of piperidine rings is 1. The summed E-state index contributed by atoms with van der Waals surface area (Å²) in [6.07, 6.45) is 13.2. The van der Waals surface area contributed by atoms with Gasteiger partial charge >= 0.3 is 5.97 Å². The van der Waals surface area contributed by atoms with Gasteiger partial charge in [-0.15, -0.1) is 0 Å². The number of hydrogen-bond donors (Lipinski definition) is 4. The molecule has 13 nitrogen and oxygen atoms in total. The van der Waals surface area contributed by atoms with E-state index in [0.29, 0.717) is 53.1 Å². The number of aldehydes is 1. The maximum Gasteiger partial charge on any atom is 0.375 e. The van der Waals surface area contributed by atoms with Crippen LogP contribution >= 0.6 is 0 Å². The molecule has 0 bridgehead atoms. The number of H-pyrrole nitrogens is 1. The lowest BCUT2D eigenvalue weighted by Crippen LogP contribution is -2.58. The normalized spacial score (nSPS) is 28.6. The molecule has 4 N–H and O–H groups in total. The maximum absolute atomic E-state index is 14.2. The first-order chi connectivity index (χ1) is 30.7. The molecule has 3 fully saturated rings. The summed E-state index contributed by atoms with van der Waals surface area (Å²) in [5.41, 5.74) is 2.78. The van der Waals surface area contributed by atoms with Crippen molar-refractivity contribution in [3.8, 4) is 17.2 Å². The van der Waals surface area contributed by atoms with Crippen LogP contribution in [0.1, 0.15) is 99.3 Å². The maximum atomic E-state index is 14.2. The fraction of sp³-hybridized carbons (Fsp3) is 0.540. The SMILES string of the molecule is CCOC(=O)C1=C(C=O)/C(=C2\C[C@H](CO)C(=O)[C@@H](c3ccc4[nH]ccc4c3)C2)c2c(c(CO)c3c(c2OC2CCCCC2)C[C@@H]([C@@]2(O)CC=C[C@@H]4CN(CCCOC)CC[C@H]42)O3)O1. The van der Waals surface area contributed by atoms with Gasteiger partial charge in [0.2, 0.25) is 5.76 Å². The summed E-state index contributed by atoms with van der Waals surface area (Å²) in [4.78, 5) is 47.3. The van der Waals surface area contributed by atoms with Gasteiger partial charge < -0.3 is 48.9 Å². The fourth-order valence-electron chi connectivity index (χ4n) is 11.5. The van der Waals surface area contributed by atoms with Crippen LogP contribution in [0.15, 0.2) is 59.5 Å². The molecule has 2 aromatic carbocycles. The molecular formula is C50H60N2O11. The van der Waals surface area contributed by atoms with Crippen molar-refractivity contribution in [2.24, 2.45) is 17.8 Å². The first kappa shape index (κ1) is 43.5. The summed E-state index contributed by atoms with van der Waals surface area (Å²) in [6, 6.07) is 7.76. The summed E-state index contributed by atoms with van der Waals surface area (Å²) in [7, 11) is 1.72. The molecule has 13 heteroatoms. The zero-order valence-corrected chi connectivity index (χ0v) is 36.4. The Labute approximate surface area is 368 Å². The molecule has 0 radical (unpaired) electrons. The number of ketones is 1. The Morgan fingerprint density at radius 2 is 1.92 bits per heavy atom. The third-order valence-corrected chi connectivity index (χ3v) is 14.6. The third kappa shape index (κ3) is 7.94. The van der Waals surface area contributed by atoms with Gasteiger partial charge in [0.15, 0.2) is 6.29 Å². The summed E-state index contributed by atoms with van der Waals surface area (Å²) >= 11 is 0. The van der Waals surface area contributed by atoms with Crippen molar-refractivity contribution in [3.05, 3.63) is 81.8 Å². The Balaban J connectivity index is 1.20. The standard InChI is InChI=1S/C50H60N2O11/c1-3-60-49(57)48-37(27-54)42(32-22-33(26-53)44(56)35(23-32)29-12-13-40-30(21-29)14-17-51-40)43-46(61-34-10-5-4-6-11-34)36-24-41(62-45(36)38(28-55)47(43)63-48)50(58)16-7-9-31-25-52(18-8-20-59-2)19-15-39(31)50/h7,9,12-14,17,21,27,31,33-35,39,41,51,53,55,58H,3-6,8,10-11,15-16,18-20,22-26,28H2,1-2H3/b42-32-/t31-,33-,35-,39-,41+,50-/m1/s1. The minimum atomic E-state index is -1.25. The number of aromatic nitrogens is 1. The Hall–Kier alpha value is -4.79. The molecule has 336 valence electrons. The highest BCUT2D eigenvalue weighted by atomic mass is 16.6. The van der Waals surface area contributed by atoms with Gasteiger partial charge in [-0.05, 0) is 106 Å². The van der Waals surface area contributed by atoms with Crippen molar-refractivity contribution >= 4 is 34.5 Å². The summed E-state index contributed by atoms with van der Waals surface area (Å²) in [6.45, 7) is 3.98. The number of hydrogen-bond acceptors (Lipinski definition) is 12. The van der Waals surface area contributed by atoms with E-state index in [1.54, 1.807) is 14.0 Å². The van der Waals surface area contributed by atoms with Crippen molar-refractivity contribution in [3.63, 3.8) is 0 Å². The van der Waals surface area contributed by atoms with Gasteiger partial charge in [0.05, 0.1) is 42.6 Å². The van der Waals surface area contributed by atoms with Gasteiger partial charge in [0.25, 0.3) is 0 Å². The second-order valence-electron chi connectivity index (χ2n) is 18.2. The van der Waals surface area contributed by atoms with E-state index < -0.39 is 42.7 Å². The molecule has 63 heavy (non-hydrogen) atoms. The summed E-state index contributed by atoms with van der Waals surface area (Å²) in [5.74, 6) is -1.86. The smallest absolute Gasteiger partial charge is 0.375 e. The van der Waals surface area contributed by atoms with Crippen molar-refractivity contribution in [1.82, 2.24) is 9.88 Å². The van der Waals surface area contributed by atoms with Gasteiger partial charge in [-0.1, -0.05) is 30.2 Å². The number of nitrogens with one attached hydrogen (secondary N) is 1. The lowest BCUT2D eigenvalue weighted by atomic mass is 9.66. The zero-order chi connectivity index (χ0) is 43.8. The number of benzene rings is 2. The Kier molecular flexibility index (Phi) is 12.7. The van der Waals surface area contributed by atoms with Crippen molar-refractivity contribution in [2.45, 2.75) is 108 Å². The fourth-order valence-corrected chi connectivity index (χ4v) is 11.5. The van der Waals surface area contributed by atoms with Crippen molar-refractivity contribution < 1.29 is 53.4 Å². The third-order valence-electron chi connectivity index (χ3n) is 14.6. The number of carbonyl (C=O) groups is 3. The minimum Gasteiger partial charge on any atom is -0.489 e. The highest BCUT2D eigenvalue weighted by molar-refractivity contribution is 6.11. The number of ether oxygens (including phenoxy) is 5. The van der Waals surface area contributed by atoms with Crippen LogP contribution in [0.25, 0.3) is 16.5 Å². The van der Waals surface area contributed by atoms with E-state index in [9.17, 15) is 29.7 Å². The molecule has 4 heterocycles. The van der Waals surface area contributed by atoms with Crippen LogP contribution < -0.4 is 14.2 Å². The van der Waals surface area contributed by atoms with Crippen LogP contribution in [0.2, 0.25) is 0 Å². The number of likely N-dealkylation sites (tertiary alicyclic amines) is 1. The van der Waals surface area contributed by atoms with Gasteiger partial charge in [-0.3, -0.25) is 9.59 Å². The predicted molar refractivity (Wildman–Crippen MR) is 234 cm³/mol. The Bertz CT molecular complexity index is 2340. The number of nitrogens with zero attached hydrogens (tertiary/aromatic N) is 1. The predicted octanol–water partition coefficient (Wildman–Crippen LogP) is 6.26. The van der Waals surface area contributed by atoms with Crippen LogP contribution in [0.3, 0.4) is 0 Å². The van der Waals surface area contributed by atoms with Crippen LogP contribution in [-0.2, 0) is 36.9 Å².